The van der Waals surface area contributed by atoms with Crippen molar-refractivity contribution >= 4 is 17.3 Å². The van der Waals surface area contributed by atoms with E-state index in [0.717, 1.165) is 12.8 Å². The van der Waals surface area contributed by atoms with E-state index in [4.69, 9.17) is 11.6 Å². The summed E-state index contributed by atoms with van der Waals surface area (Å²) in [5.41, 5.74) is 0.531. The summed E-state index contributed by atoms with van der Waals surface area (Å²) in [7, 11) is 0. The third kappa shape index (κ3) is 2.40. The number of fused-ring (bicyclic) bond motifs is 2. The van der Waals surface area contributed by atoms with E-state index in [-0.39, 0.29) is 5.82 Å². The van der Waals surface area contributed by atoms with Crippen LogP contribution in [-0.2, 0) is 0 Å². The lowest BCUT2D eigenvalue weighted by Crippen LogP contribution is -2.43. The van der Waals surface area contributed by atoms with Gasteiger partial charge >= 0.3 is 0 Å². The minimum Gasteiger partial charge on any atom is -0.380 e. The Kier molecular flexibility index (Phi) is 2.97. The molecule has 17 heavy (non-hydrogen) atoms. The Morgan fingerprint density at radius 2 is 1.94 bits per heavy atom. The highest BCUT2D eigenvalue weighted by Crippen LogP contribution is 2.30. The molecule has 0 amide bonds. The van der Waals surface area contributed by atoms with Gasteiger partial charge in [0.1, 0.15) is 5.82 Å². The Hall–Kier alpha value is -0.800. The van der Waals surface area contributed by atoms with E-state index in [1.807, 2.05) is 0 Å². The molecule has 1 aromatic carbocycles. The van der Waals surface area contributed by atoms with E-state index < -0.39 is 0 Å². The summed E-state index contributed by atoms with van der Waals surface area (Å²) < 4.78 is 13.6. The van der Waals surface area contributed by atoms with Gasteiger partial charge in [0.25, 0.3) is 0 Å². The Bertz CT molecular complexity index is 412. The van der Waals surface area contributed by atoms with Crippen molar-refractivity contribution in [3.8, 4) is 0 Å². The molecule has 0 aromatic heterocycles. The average molecular weight is 255 g/mol. The number of benzene rings is 1. The number of piperidine rings is 1. The van der Waals surface area contributed by atoms with Gasteiger partial charge in [-0.3, -0.25) is 0 Å². The third-order valence-corrected chi connectivity index (χ3v) is 4.00. The quantitative estimate of drug-likeness (QED) is 0.847. The zero-order valence-corrected chi connectivity index (χ0v) is 10.3. The van der Waals surface area contributed by atoms with Crippen LogP contribution in [-0.4, -0.2) is 18.1 Å². The first-order chi connectivity index (χ1) is 8.20. The van der Waals surface area contributed by atoms with Crippen LogP contribution in [0.4, 0.5) is 10.1 Å². The summed E-state index contributed by atoms with van der Waals surface area (Å²) in [5, 5.41) is 7.44. The fourth-order valence-electron chi connectivity index (χ4n) is 3.00. The van der Waals surface area contributed by atoms with Crippen LogP contribution in [0.15, 0.2) is 18.2 Å². The highest BCUT2D eigenvalue weighted by atomic mass is 35.5. The molecular formula is C13H16ClFN2. The molecule has 3 rings (SSSR count). The first-order valence-electron chi connectivity index (χ1n) is 6.18. The fraction of sp³-hybridized carbons (Fsp3) is 0.538. The molecule has 2 atom stereocenters. The summed E-state index contributed by atoms with van der Waals surface area (Å²) in [6.45, 7) is 0. The van der Waals surface area contributed by atoms with Crippen LogP contribution in [0.25, 0.3) is 0 Å². The number of nitrogens with one attached hydrogen (secondary N) is 2. The molecule has 4 heteroatoms. The summed E-state index contributed by atoms with van der Waals surface area (Å²) in [6.07, 6.45) is 4.65. The number of hydrogen-bond donors (Lipinski definition) is 2. The van der Waals surface area contributed by atoms with Crippen molar-refractivity contribution in [1.82, 2.24) is 5.32 Å². The lowest BCUT2D eigenvalue weighted by Gasteiger charge is -2.30. The SMILES string of the molecule is Fc1ccc(Cl)cc1NC1CC2CCC(C1)N2. The zero-order chi connectivity index (χ0) is 11.8. The van der Waals surface area contributed by atoms with Crippen LogP contribution >= 0.6 is 11.6 Å². The van der Waals surface area contributed by atoms with Crippen molar-refractivity contribution in [2.75, 3.05) is 5.32 Å². The van der Waals surface area contributed by atoms with Gasteiger partial charge in [0, 0.05) is 23.1 Å². The fourth-order valence-corrected chi connectivity index (χ4v) is 3.18. The van der Waals surface area contributed by atoms with Crippen molar-refractivity contribution in [2.45, 2.75) is 43.8 Å². The van der Waals surface area contributed by atoms with Crippen LogP contribution < -0.4 is 10.6 Å². The number of halogens is 2. The maximum Gasteiger partial charge on any atom is 0.146 e. The van der Waals surface area contributed by atoms with Gasteiger partial charge in [0.05, 0.1) is 5.69 Å². The first kappa shape index (κ1) is 11.3. The largest absolute Gasteiger partial charge is 0.380 e. The summed E-state index contributed by atoms with van der Waals surface area (Å²) in [4.78, 5) is 0. The molecule has 2 N–H and O–H groups in total. The normalized spacial score (nSPS) is 31.5. The highest BCUT2D eigenvalue weighted by molar-refractivity contribution is 6.30. The zero-order valence-electron chi connectivity index (χ0n) is 9.55. The predicted octanol–water partition coefficient (Wildman–Crippen LogP) is 3.17. The van der Waals surface area contributed by atoms with Crippen LogP contribution in [0.5, 0.6) is 0 Å². The Balaban J connectivity index is 1.72. The van der Waals surface area contributed by atoms with Crippen molar-refractivity contribution < 1.29 is 4.39 Å². The Morgan fingerprint density at radius 1 is 1.24 bits per heavy atom. The molecule has 0 saturated carbocycles. The molecule has 2 heterocycles. The van der Waals surface area contributed by atoms with E-state index in [2.05, 4.69) is 10.6 Å². The van der Waals surface area contributed by atoms with Gasteiger partial charge in [-0.1, -0.05) is 11.6 Å². The summed E-state index contributed by atoms with van der Waals surface area (Å²) in [6, 6.07) is 6.23. The second-order valence-electron chi connectivity index (χ2n) is 5.07. The molecule has 2 aliphatic rings. The molecule has 2 unspecified atom stereocenters. The Labute approximate surface area is 106 Å². The van der Waals surface area contributed by atoms with Gasteiger partial charge in [-0.25, -0.2) is 4.39 Å². The maximum absolute atomic E-state index is 13.6. The Morgan fingerprint density at radius 3 is 2.65 bits per heavy atom. The minimum absolute atomic E-state index is 0.222. The number of anilines is 1. The molecule has 0 radical (unpaired) electrons. The molecule has 2 fully saturated rings. The van der Waals surface area contributed by atoms with E-state index in [0.29, 0.717) is 28.8 Å². The van der Waals surface area contributed by atoms with Crippen molar-refractivity contribution in [1.29, 1.82) is 0 Å². The molecular weight excluding hydrogens is 239 g/mol. The van der Waals surface area contributed by atoms with Gasteiger partial charge in [-0.2, -0.15) is 0 Å². The molecule has 2 aliphatic heterocycles. The van der Waals surface area contributed by atoms with Crippen molar-refractivity contribution in [2.24, 2.45) is 0 Å². The van der Waals surface area contributed by atoms with Crippen molar-refractivity contribution in [3.05, 3.63) is 29.0 Å². The topological polar surface area (TPSA) is 24.1 Å². The van der Waals surface area contributed by atoms with Crippen LogP contribution in [0, 0.1) is 5.82 Å². The minimum atomic E-state index is -0.222. The van der Waals surface area contributed by atoms with Gasteiger partial charge in [-0.15, -0.1) is 0 Å². The predicted molar refractivity (Wildman–Crippen MR) is 68.0 cm³/mol. The molecule has 1 aromatic rings. The van der Waals surface area contributed by atoms with E-state index >= 15 is 0 Å². The van der Waals surface area contributed by atoms with E-state index in [1.54, 1.807) is 12.1 Å². The maximum atomic E-state index is 13.6. The summed E-state index contributed by atoms with van der Waals surface area (Å²) in [5.74, 6) is -0.222. The summed E-state index contributed by atoms with van der Waals surface area (Å²) >= 11 is 5.89. The van der Waals surface area contributed by atoms with E-state index in [1.165, 1.54) is 18.9 Å². The van der Waals surface area contributed by atoms with Crippen LogP contribution in [0.3, 0.4) is 0 Å². The number of hydrogen-bond acceptors (Lipinski definition) is 2. The standard InChI is InChI=1S/C13H16ClFN2/c14-8-1-4-12(15)13(5-8)17-11-6-9-2-3-10(7-11)16-9/h1,4-5,9-11,16-17H,2-3,6-7H2. The highest BCUT2D eigenvalue weighted by Gasteiger charge is 2.33. The van der Waals surface area contributed by atoms with Gasteiger partial charge in [0.2, 0.25) is 0 Å². The van der Waals surface area contributed by atoms with Crippen LogP contribution in [0.1, 0.15) is 25.7 Å². The first-order valence-corrected chi connectivity index (χ1v) is 6.56. The van der Waals surface area contributed by atoms with Gasteiger partial charge in [0.15, 0.2) is 0 Å². The van der Waals surface area contributed by atoms with Crippen LogP contribution in [0.2, 0.25) is 5.02 Å². The van der Waals surface area contributed by atoms with Gasteiger partial charge in [-0.05, 0) is 43.9 Å². The number of rotatable bonds is 2. The van der Waals surface area contributed by atoms with E-state index in [9.17, 15) is 4.39 Å². The molecule has 0 aliphatic carbocycles. The molecule has 92 valence electrons. The second-order valence-corrected chi connectivity index (χ2v) is 5.51. The third-order valence-electron chi connectivity index (χ3n) is 3.76. The smallest absolute Gasteiger partial charge is 0.146 e. The second kappa shape index (κ2) is 4.46. The lowest BCUT2D eigenvalue weighted by atomic mass is 9.99. The molecule has 0 spiro atoms. The molecule has 2 saturated heterocycles. The lowest BCUT2D eigenvalue weighted by molar-refractivity contribution is 0.377. The molecule has 2 bridgehead atoms. The van der Waals surface area contributed by atoms with Gasteiger partial charge < -0.3 is 10.6 Å². The molecule has 2 nitrogen and oxygen atoms in total. The monoisotopic (exact) mass is 254 g/mol. The van der Waals surface area contributed by atoms with Crippen molar-refractivity contribution in [3.63, 3.8) is 0 Å². The average Bonchev–Trinajstić information content (AvgIpc) is 2.63.